The van der Waals surface area contributed by atoms with Gasteiger partial charge in [0.2, 0.25) is 0 Å². The molecule has 0 atom stereocenters. The number of nitrogens with zero attached hydrogens (tertiary/aromatic N) is 3. The first kappa shape index (κ1) is 35.4. The molecule has 0 fully saturated rings. The lowest BCUT2D eigenvalue weighted by Crippen LogP contribution is -1.99. The molecule has 0 bridgehead atoms. The second-order valence-electron chi connectivity index (χ2n) is 16.5. The number of aromatic nitrogens is 3. The minimum atomic E-state index is 0.681. The fourth-order valence-corrected chi connectivity index (χ4v) is 10.0. The van der Waals surface area contributed by atoms with Crippen LogP contribution in [-0.2, 0) is 0 Å². The van der Waals surface area contributed by atoms with Gasteiger partial charge in [0.15, 0.2) is 5.82 Å². The van der Waals surface area contributed by atoms with Gasteiger partial charge in [0.25, 0.3) is 0 Å². The third kappa shape index (κ3) is 5.55. The summed E-state index contributed by atoms with van der Waals surface area (Å²) < 4.78 is 8.73. The number of benzene rings is 10. The van der Waals surface area contributed by atoms with Crippen LogP contribution in [0.4, 0.5) is 0 Å². The molecule has 4 heteroatoms. The zero-order valence-corrected chi connectivity index (χ0v) is 34.4. The highest BCUT2D eigenvalue weighted by Crippen LogP contribution is 2.42. The number of rotatable bonds is 5. The zero-order valence-electron chi connectivity index (χ0n) is 34.4. The summed E-state index contributed by atoms with van der Waals surface area (Å²) in [4.78, 5) is 10.9. The maximum Gasteiger partial charge on any atom is 0.161 e. The largest absolute Gasteiger partial charge is 0.456 e. The Kier molecular flexibility index (Phi) is 7.79. The number of hydrogen-bond donors (Lipinski definition) is 0. The van der Waals surface area contributed by atoms with Crippen molar-refractivity contribution in [3.05, 3.63) is 212 Å². The highest BCUT2D eigenvalue weighted by atomic mass is 16.3. The van der Waals surface area contributed by atoms with E-state index >= 15 is 0 Å². The molecule has 3 aromatic heterocycles. The van der Waals surface area contributed by atoms with Crippen LogP contribution in [0.5, 0.6) is 0 Å². The SMILES string of the molecule is Cc1c2ccccc2cc2c1c1ccccc1n2-c1ccc(-c2nc(-c3ccc4oc5ccccc5c4c3)c3cc(-c4cccc(-c5ccccc5)c4)ccc3n2)c2ccccc12. The van der Waals surface area contributed by atoms with E-state index in [1.807, 2.05) is 12.1 Å². The Morgan fingerprint density at radius 3 is 1.92 bits per heavy atom. The van der Waals surface area contributed by atoms with Crippen molar-refractivity contribution in [2.24, 2.45) is 0 Å². The molecule has 0 aliphatic rings. The average molecular weight is 804 g/mol. The van der Waals surface area contributed by atoms with Crippen molar-refractivity contribution in [3.8, 4) is 50.6 Å². The van der Waals surface area contributed by atoms with Crippen LogP contribution in [0.2, 0.25) is 0 Å². The zero-order chi connectivity index (χ0) is 41.6. The van der Waals surface area contributed by atoms with Crippen molar-refractivity contribution in [3.63, 3.8) is 0 Å². The van der Waals surface area contributed by atoms with Crippen LogP contribution in [-0.4, -0.2) is 14.5 Å². The van der Waals surface area contributed by atoms with Gasteiger partial charge in [-0.1, -0.05) is 140 Å². The van der Waals surface area contributed by atoms with Crippen LogP contribution < -0.4 is 0 Å². The van der Waals surface area contributed by atoms with Gasteiger partial charge >= 0.3 is 0 Å². The molecule has 13 rings (SSSR count). The number of para-hydroxylation sites is 2. The third-order valence-electron chi connectivity index (χ3n) is 13.0. The van der Waals surface area contributed by atoms with Crippen LogP contribution in [0.25, 0.3) is 127 Å². The molecule has 63 heavy (non-hydrogen) atoms. The van der Waals surface area contributed by atoms with Crippen LogP contribution in [0.3, 0.4) is 0 Å². The lowest BCUT2D eigenvalue weighted by molar-refractivity contribution is 0.669. The highest BCUT2D eigenvalue weighted by molar-refractivity contribution is 6.17. The van der Waals surface area contributed by atoms with Gasteiger partial charge in [0, 0.05) is 43.4 Å². The van der Waals surface area contributed by atoms with Gasteiger partial charge in [-0.3, -0.25) is 0 Å². The van der Waals surface area contributed by atoms with Crippen molar-refractivity contribution in [2.45, 2.75) is 6.92 Å². The van der Waals surface area contributed by atoms with E-state index in [-0.39, 0.29) is 0 Å². The highest BCUT2D eigenvalue weighted by Gasteiger charge is 2.21. The lowest BCUT2D eigenvalue weighted by Gasteiger charge is -2.16. The van der Waals surface area contributed by atoms with Crippen molar-refractivity contribution in [2.75, 3.05) is 0 Å². The fraction of sp³-hybridized carbons (Fsp3) is 0.0169. The third-order valence-corrected chi connectivity index (χ3v) is 13.0. The molecule has 0 saturated heterocycles. The Morgan fingerprint density at radius 2 is 1.05 bits per heavy atom. The average Bonchev–Trinajstić information content (AvgIpc) is 3.89. The van der Waals surface area contributed by atoms with Gasteiger partial charge in [-0.05, 0) is 118 Å². The first-order chi connectivity index (χ1) is 31.1. The van der Waals surface area contributed by atoms with E-state index in [0.29, 0.717) is 5.82 Å². The Morgan fingerprint density at radius 1 is 0.397 bits per heavy atom. The molecule has 10 aromatic carbocycles. The summed E-state index contributed by atoms with van der Waals surface area (Å²) in [5.74, 6) is 0.681. The van der Waals surface area contributed by atoms with Crippen molar-refractivity contribution in [1.82, 2.24) is 14.5 Å². The van der Waals surface area contributed by atoms with Gasteiger partial charge in [-0.15, -0.1) is 0 Å². The molecular formula is C59H37N3O. The van der Waals surface area contributed by atoms with Gasteiger partial charge in [-0.2, -0.15) is 0 Å². The van der Waals surface area contributed by atoms with Crippen LogP contribution in [0.1, 0.15) is 5.56 Å². The number of furan rings is 1. The molecule has 13 aromatic rings. The Hall–Kier alpha value is -8.34. The minimum absolute atomic E-state index is 0.681. The normalized spacial score (nSPS) is 11.9. The topological polar surface area (TPSA) is 43.9 Å². The number of aryl methyl sites for hydroxylation is 1. The summed E-state index contributed by atoms with van der Waals surface area (Å²) in [5.41, 5.74) is 14.9. The Balaban J connectivity index is 1.04. The number of hydrogen-bond acceptors (Lipinski definition) is 3. The molecule has 0 N–H and O–H groups in total. The molecule has 294 valence electrons. The summed E-state index contributed by atoms with van der Waals surface area (Å²) >= 11 is 0. The smallest absolute Gasteiger partial charge is 0.161 e. The second kappa shape index (κ2) is 13.8. The maximum atomic E-state index is 6.28. The molecule has 0 spiro atoms. The standard InChI is InChI=1S/C59H37N3O/c1-36-43-19-6-5-16-41(43)35-54-57(36)48-23-9-11-24-52(48)62(54)53-30-28-47(44-20-7-8-21-45(44)53)59-60-51-29-26-40(39-18-13-17-38(32-39)37-14-3-2-4-15-37)33-50(51)58(61-59)42-27-31-56-49(34-42)46-22-10-12-25-55(46)63-56/h2-35H,1H3. The predicted octanol–water partition coefficient (Wildman–Crippen LogP) is 15.9. The quantitative estimate of drug-likeness (QED) is 0.174. The van der Waals surface area contributed by atoms with Gasteiger partial charge < -0.3 is 8.98 Å². The van der Waals surface area contributed by atoms with Crippen LogP contribution >= 0.6 is 0 Å². The van der Waals surface area contributed by atoms with Gasteiger partial charge in [-0.25, -0.2) is 9.97 Å². The van der Waals surface area contributed by atoms with Crippen molar-refractivity contribution in [1.29, 1.82) is 0 Å². The molecule has 0 saturated carbocycles. The maximum absolute atomic E-state index is 6.28. The molecule has 0 unspecified atom stereocenters. The lowest BCUT2D eigenvalue weighted by atomic mass is 9.96. The van der Waals surface area contributed by atoms with Crippen molar-refractivity contribution < 1.29 is 4.42 Å². The van der Waals surface area contributed by atoms with Crippen LogP contribution in [0.15, 0.2) is 211 Å². The number of fused-ring (bicyclic) bond motifs is 9. The molecule has 0 aliphatic heterocycles. The van der Waals surface area contributed by atoms with E-state index in [9.17, 15) is 0 Å². The van der Waals surface area contributed by atoms with E-state index < -0.39 is 0 Å². The van der Waals surface area contributed by atoms with Gasteiger partial charge in [0.1, 0.15) is 11.2 Å². The van der Waals surface area contributed by atoms with Crippen molar-refractivity contribution >= 4 is 76.2 Å². The Labute approximate surface area is 363 Å². The van der Waals surface area contributed by atoms with Gasteiger partial charge in [0.05, 0.1) is 27.9 Å². The first-order valence-corrected chi connectivity index (χ1v) is 21.5. The minimum Gasteiger partial charge on any atom is -0.456 e. The molecule has 4 nitrogen and oxygen atoms in total. The second-order valence-corrected chi connectivity index (χ2v) is 16.5. The fourth-order valence-electron chi connectivity index (χ4n) is 10.0. The summed E-state index contributed by atoms with van der Waals surface area (Å²) in [6, 6.07) is 73.6. The van der Waals surface area contributed by atoms with E-state index in [1.54, 1.807) is 0 Å². The molecule has 0 aliphatic carbocycles. The summed E-state index contributed by atoms with van der Waals surface area (Å²) in [7, 11) is 0. The van der Waals surface area contributed by atoms with E-state index in [2.05, 4.69) is 206 Å². The monoisotopic (exact) mass is 803 g/mol. The molecule has 0 radical (unpaired) electrons. The molecule has 3 heterocycles. The van der Waals surface area contributed by atoms with E-state index in [0.717, 1.165) is 77.2 Å². The van der Waals surface area contributed by atoms with Crippen LogP contribution in [0, 0.1) is 6.92 Å². The Bertz CT molecular complexity index is 3990. The summed E-state index contributed by atoms with van der Waals surface area (Å²) in [6.45, 7) is 2.26. The predicted molar refractivity (Wildman–Crippen MR) is 263 cm³/mol. The first-order valence-electron chi connectivity index (χ1n) is 21.5. The molecule has 0 amide bonds. The summed E-state index contributed by atoms with van der Waals surface area (Å²) in [5, 5.41) is 10.4. The van der Waals surface area contributed by atoms with E-state index in [1.165, 1.54) is 49.3 Å². The molecular weight excluding hydrogens is 767 g/mol. The van der Waals surface area contributed by atoms with E-state index in [4.69, 9.17) is 14.4 Å². The summed E-state index contributed by atoms with van der Waals surface area (Å²) in [6.07, 6.45) is 0.